The van der Waals surface area contributed by atoms with Gasteiger partial charge in [0.25, 0.3) is 0 Å². The number of nitrogens with zero attached hydrogens (tertiary/aromatic N) is 1. The van der Waals surface area contributed by atoms with E-state index in [0.717, 1.165) is 36.0 Å². The number of thiophene rings is 1. The lowest BCUT2D eigenvalue weighted by Gasteiger charge is -2.29. The highest BCUT2D eigenvalue weighted by atomic mass is 32.2. The summed E-state index contributed by atoms with van der Waals surface area (Å²) >= 11 is 1.70. The van der Waals surface area contributed by atoms with Gasteiger partial charge in [-0.1, -0.05) is 37.3 Å². The molecule has 1 heterocycles. The van der Waals surface area contributed by atoms with Gasteiger partial charge < -0.3 is 15.5 Å². The molecule has 0 fully saturated rings. The first-order valence-electron chi connectivity index (χ1n) is 13.8. The van der Waals surface area contributed by atoms with E-state index in [4.69, 9.17) is 5.11 Å². The van der Waals surface area contributed by atoms with Crippen LogP contribution in [0.1, 0.15) is 56.7 Å². The van der Waals surface area contributed by atoms with Gasteiger partial charge in [0, 0.05) is 32.1 Å². The van der Waals surface area contributed by atoms with Crippen LogP contribution in [0.2, 0.25) is 0 Å². The number of benzene rings is 2. The summed E-state index contributed by atoms with van der Waals surface area (Å²) in [6.07, 6.45) is 3.24. The third kappa shape index (κ3) is 9.24. The Bertz CT molecular complexity index is 1340. The van der Waals surface area contributed by atoms with Crippen LogP contribution in [-0.2, 0) is 34.1 Å². The van der Waals surface area contributed by atoms with E-state index >= 15 is 0 Å². The standard InChI is InChI=1S/C31H42N2O5S2/c1-5-25-19-27(26-11-8-23(9-12-26)10-15-30(35)36)13-14-29(25)40(37,38)33(4)21-28(34)20-32-31(2,3)17-6-7-24-16-18-39-22-24/h8-9,11-14,16,18-19,22,28,32,34H,5-7,10,15,17,20-21H2,1-4H3,(H,35,36)/t28-/m1/s1. The van der Waals surface area contributed by atoms with E-state index in [2.05, 4.69) is 36.0 Å². The van der Waals surface area contributed by atoms with Crippen molar-refractivity contribution in [3.05, 3.63) is 76.0 Å². The van der Waals surface area contributed by atoms with Crippen molar-refractivity contribution in [3.63, 3.8) is 0 Å². The maximum absolute atomic E-state index is 13.5. The second-order valence-corrected chi connectivity index (χ2v) is 13.7. The zero-order valence-corrected chi connectivity index (χ0v) is 25.5. The molecule has 3 N–H and O–H groups in total. The van der Waals surface area contributed by atoms with Crippen LogP contribution in [0.3, 0.4) is 0 Å². The molecule has 0 spiro atoms. The van der Waals surface area contributed by atoms with Gasteiger partial charge in [-0.15, -0.1) is 0 Å². The lowest BCUT2D eigenvalue weighted by Crippen LogP contribution is -2.46. The molecule has 0 saturated heterocycles. The molecule has 0 aliphatic heterocycles. The zero-order chi connectivity index (χ0) is 29.3. The molecule has 7 nitrogen and oxygen atoms in total. The first-order valence-corrected chi connectivity index (χ1v) is 16.1. The third-order valence-corrected chi connectivity index (χ3v) is 9.83. The molecule has 9 heteroatoms. The molecule has 218 valence electrons. The summed E-state index contributed by atoms with van der Waals surface area (Å²) in [4.78, 5) is 11.1. The lowest BCUT2D eigenvalue weighted by molar-refractivity contribution is -0.136. The van der Waals surface area contributed by atoms with Gasteiger partial charge in [0.1, 0.15) is 0 Å². The Kier molecular flexibility index (Phi) is 11.5. The van der Waals surface area contributed by atoms with E-state index in [0.29, 0.717) is 24.9 Å². The lowest BCUT2D eigenvalue weighted by atomic mass is 9.96. The Labute approximate surface area is 242 Å². The van der Waals surface area contributed by atoms with E-state index in [-0.39, 0.29) is 23.4 Å². The van der Waals surface area contributed by atoms with Crippen LogP contribution in [0.5, 0.6) is 0 Å². The number of carboxylic acids is 1. The Morgan fingerprint density at radius 3 is 2.38 bits per heavy atom. The molecule has 3 aromatic rings. The maximum Gasteiger partial charge on any atom is 0.303 e. The van der Waals surface area contributed by atoms with Gasteiger partial charge in [-0.2, -0.15) is 15.6 Å². The van der Waals surface area contributed by atoms with Crippen LogP contribution in [0.4, 0.5) is 0 Å². The van der Waals surface area contributed by atoms with Crippen molar-refractivity contribution < 1.29 is 23.4 Å². The molecule has 0 saturated carbocycles. The molecule has 0 radical (unpaired) electrons. The van der Waals surface area contributed by atoms with Crippen molar-refractivity contribution in [1.82, 2.24) is 9.62 Å². The molecular weight excluding hydrogens is 544 g/mol. The molecule has 40 heavy (non-hydrogen) atoms. The van der Waals surface area contributed by atoms with Crippen LogP contribution in [0.25, 0.3) is 11.1 Å². The Balaban J connectivity index is 1.60. The largest absolute Gasteiger partial charge is 0.481 e. The van der Waals surface area contributed by atoms with Gasteiger partial charge in [-0.05, 0) is 103 Å². The third-order valence-electron chi connectivity index (χ3n) is 7.18. The summed E-state index contributed by atoms with van der Waals surface area (Å²) in [5, 5.41) is 27.2. The molecular formula is C31H42N2O5S2. The number of β-amino-alcohol motifs (C(OH)–C–C–N with tert-alkyl or cyclic N) is 1. The van der Waals surface area contributed by atoms with E-state index in [9.17, 15) is 18.3 Å². The Morgan fingerprint density at radius 2 is 1.75 bits per heavy atom. The Hall–Kier alpha value is -2.56. The van der Waals surface area contributed by atoms with Crippen molar-refractivity contribution in [1.29, 1.82) is 0 Å². The van der Waals surface area contributed by atoms with Crippen LogP contribution in [0.15, 0.2) is 64.2 Å². The van der Waals surface area contributed by atoms with Crippen LogP contribution >= 0.6 is 11.3 Å². The predicted molar refractivity (Wildman–Crippen MR) is 162 cm³/mol. The van der Waals surface area contributed by atoms with Crippen molar-refractivity contribution in [3.8, 4) is 11.1 Å². The summed E-state index contributed by atoms with van der Waals surface area (Å²) in [6.45, 7) is 6.42. The summed E-state index contributed by atoms with van der Waals surface area (Å²) in [5.41, 5.74) is 4.65. The van der Waals surface area contributed by atoms with Crippen LogP contribution in [-0.4, -0.2) is 60.7 Å². The van der Waals surface area contributed by atoms with Crippen LogP contribution < -0.4 is 5.32 Å². The van der Waals surface area contributed by atoms with Crippen molar-refractivity contribution in [2.24, 2.45) is 0 Å². The zero-order valence-electron chi connectivity index (χ0n) is 23.9. The number of likely N-dealkylation sites (N-methyl/N-ethyl adjacent to an activating group) is 1. The fourth-order valence-electron chi connectivity index (χ4n) is 4.68. The van der Waals surface area contributed by atoms with Crippen molar-refractivity contribution >= 4 is 27.3 Å². The molecule has 2 aromatic carbocycles. The quantitative estimate of drug-likeness (QED) is 0.208. The smallest absolute Gasteiger partial charge is 0.303 e. The summed E-state index contributed by atoms with van der Waals surface area (Å²) in [7, 11) is -2.29. The first-order chi connectivity index (χ1) is 18.9. The van der Waals surface area contributed by atoms with Gasteiger partial charge in [-0.3, -0.25) is 4.79 Å². The Morgan fingerprint density at radius 1 is 1.05 bits per heavy atom. The van der Waals surface area contributed by atoms with Crippen LogP contribution in [0, 0.1) is 0 Å². The van der Waals surface area contributed by atoms with E-state index in [1.54, 1.807) is 23.5 Å². The topological polar surface area (TPSA) is 107 Å². The SMILES string of the molecule is CCc1cc(-c2ccc(CCC(=O)O)cc2)ccc1S(=O)(=O)N(C)C[C@H](O)CNC(C)(C)CCCc1ccsc1. The summed E-state index contributed by atoms with van der Waals surface area (Å²) < 4.78 is 28.2. The molecule has 0 aliphatic carbocycles. The van der Waals surface area contributed by atoms with Crippen molar-refractivity contribution in [2.45, 2.75) is 75.8 Å². The second-order valence-electron chi connectivity index (χ2n) is 11.0. The van der Waals surface area contributed by atoms with E-state index in [1.165, 1.54) is 16.9 Å². The van der Waals surface area contributed by atoms with E-state index in [1.807, 2.05) is 37.3 Å². The number of rotatable bonds is 16. The number of hydrogen-bond donors (Lipinski definition) is 3. The highest BCUT2D eigenvalue weighted by molar-refractivity contribution is 7.89. The van der Waals surface area contributed by atoms with Gasteiger partial charge in [0.15, 0.2) is 0 Å². The minimum Gasteiger partial charge on any atom is -0.481 e. The number of aryl methyl sites for hydroxylation is 3. The minimum atomic E-state index is -3.80. The fraction of sp³-hybridized carbons (Fsp3) is 0.452. The van der Waals surface area contributed by atoms with Gasteiger partial charge in [-0.25, -0.2) is 8.42 Å². The number of sulfonamides is 1. The van der Waals surface area contributed by atoms with E-state index < -0.39 is 22.1 Å². The normalized spacial score (nSPS) is 13.1. The summed E-state index contributed by atoms with van der Waals surface area (Å²) in [5.74, 6) is -0.827. The molecule has 0 aliphatic rings. The van der Waals surface area contributed by atoms with Gasteiger partial charge in [0.2, 0.25) is 10.0 Å². The number of aliphatic hydroxyl groups is 1. The van der Waals surface area contributed by atoms with Gasteiger partial charge in [0.05, 0.1) is 11.0 Å². The fourth-order valence-corrected chi connectivity index (χ4v) is 6.86. The minimum absolute atomic E-state index is 0.0109. The average Bonchev–Trinajstić information content (AvgIpc) is 3.44. The second kappa shape index (κ2) is 14.4. The molecule has 1 aromatic heterocycles. The number of carbonyl (C=O) groups is 1. The van der Waals surface area contributed by atoms with Crippen molar-refractivity contribution in [2.75, 3.05) is 20.1 Å². The highest BCUT2D eigenvalue weighted by Crippen LogP contribution is 2.28. The molecule has 3 rings (SSSR count). The molecule has 1 atom stereocenters. The first kappa shape index (κ1) is 32.0. The predicted octanol–water partition coefficient (Wildman–Crippen LogP) is 5.37. The monoisotopic (exact) mass is 586 g/mol. The number of hydrogen-bond acceptors (Lipinski definition) is 6. The highest BCUT2D eigenvalue weighted by Gasteiger charge is 2.26. The number of nitrogens with one attached hydrogen (secondary N) is 1. The summed E-state index contributed by atoms with van der Waals surface area (Å²) in [6, 6.07) is 15.1. The maximum atomic E-state index is 13.5. The van der Waals surface area contributed by atoms with Gasteiger partial charge >= 0.3 is 5.97 Å². The molecule has 0 amide bonds. The average molecular weight is 587 g/mol. The number of aliphatic hydroxyl groups excluding tert-OH is 1. The number of aliphatic carboxylic acids is 1. The molecule has 0 unspecified atom stereocenters. The number of carboxylic acid groups (broad SMARTS) is 1. The molecule has 0 bridgehead atoms.